The van der Waals surface area contributed by atoms with Crippen LogP contribution in [-0.4, -0.2) is 50.7 Å². The minimum atomic E-state index is -0.0255. The minimum Gasteiger partial charge on any atom is -0.333 e. The van der Waals surface area contributed by atoms with Crippen LogP contribution in [0.1, 0.15) is 55.5 Å². The molecule has 2 aliphatic heterocycles. The van der Waals surface area contributed by atoms with E-state index in [2.05, 4.69) is 27.4 Å². The van der Waals surface area contributed by atoms with E-state index in [0.717, 1.165) is 25.8 Å². The van der Waals surface area contributed by atoms with Crippen molar-refractivity contribution in [3.05, 3.63) is 11.6 Å². The largest absolute Gasteiger partial charge is 0.333 e. The average Bonchev–Trinajstić information content (AvgIpc) is 3.01. The second kappa shape index (κ2) is 5.52. The summed E-state index contributed by atoms with van der Waals surface area (Å²) in [6, 6.07) is 1.50. The molecule has 1 aromatic heterocycles. The summed E-state index contributed by atoms with van der Waals surface area (Å²) in [5, 5.41) is 10.4. The Morgan fingerprint density at radius 3 is 2.60 bits per heavy atom. The molecule has 2 fully saturated rings. The van der Waals surface area contributed by atoms with Gasteiger partial charge in [-0.05, 0) is 39.0 Å². The van der Waals surface area contributed by atoms with Gasteiger partial charge < -0.3 is 10.2 Å². The van der Waals surface area contributed by atoms with Gasteiger partial charge in [0.2, 0.25) is 5.82 Å². The third kappa shape index (κ3) is 2.57. The zero-order chi connectivity index (χ0) is 14.1. The van der Waals surface area contributed by atoms with Crippen molar-refractivity contribution in [3.63, 3.8) is 0 Å². The van der Waals surface area contributed by atoms with Crippen LogP contribution < -0.4 is 5.32 Å². The van der Waals surface area contributed by atoms with Gasteiger partial charge in [0.05, 0.1) is 0 Å². The van der Waals surface area contributed by atoms with Crippen molar-refractivity contribution in [1.29, 1.82) is 0 Å². The van der Waals surface area contributed by atoms with Gasteiger partial charge in [-0.3, -0.25) is 9.89 Å². The molecule has 0 radical (unpaired) electrons. The molecule has 6 heteroatoms. The third-order valence-corrected chi connectivity index (χ3v) is 4.40. The van der Waals surface area contributed by atoms with Crippen LogP contribution in [0.3, 0.4) is 0 Å². The van der Waals surface area contributed by atoms with Gasteiger partial charge in [0.15, 0.2) is 0 Å². The molecule has 2 saturated heterocycles. The summed E-state index contributed by atoms with van der Waals surface area (Å²) in [6.07, 6.45) is 5.58. The van der Waals surface area contributed by atoms with Crippen molar-refractivity contribution in [2.45, 2.75) is 64.1 Å². The Labute approximate surface area is 119 Å². The van der Waals surface area contributed by atoms with Crippen molar-refractivity contribution in [2.24, 2.45) is 0 Å². The molecule has 0 aliphatic carbocycles. The number of carbonyl (C=O) groups excluding carboxylic acids is 1. The van der Waals surface area contributed by atoms with Gasteiger partial charge >= 0.3 is 0 Å². The van der Waals surface area contributed by atoms with E-state index in [1.807, 2.05) is 11.8 Å². The Bertz CT molecular complexity index is 474. The summed E-state index contributed by atoms with van der Waals surface area (Å²) >= 11 is 0. The number of nitrogens with one attached hydrogen (secondary N) is 2. The maximum atomic E-state index is 12.6. The van der Waals surface area contributed by atoms with E-state index in [1.54, 1.807) is 0 Å². The first-order chi connectivity index (χ1) is 9.67. The number of rotatable bonds is 4. The lowest BCUT2D eigenvalue weighted by Gasteiger charge is -2.37. The van der Waals surface area contributed by atoms with Gasteiger partial charge in [0, 0.05) is 24.7 Å². The lowest BCUT2D eigenvalue weighted by atomic mass is 9.97. The Balaban J connectivity index is 1.76. The zero-order valence-corrected chi connectivity index (χ0v) is 12.2. The summed E-state index contributed by atoms with van der Waals surface area (Å²) in [5.41, 5.74) is 0. The maximum absolute atomic E-state index is 12.6. The van der Waals surface area contributed by atoms with Crippen molar-refractivity contribution in [3.8, 4) is 0 Å². The molecule has 20 heavy (non-hydrogen) atoms. The number of hydrogen-bond donors (Lipinski definition) is 2. The van der Waals surface area contributed by atoms with Gasteiger partial charge in [0.1, 0.15) is 5.82 Å². The van der Waals surface area contributed by atoms with E-state index in [4.69, 9.17) is 0 Å². The number of fused-ring (bicyclic) bond motifs is 2. The molecule has 2 atom stereocenters. The first-order valence-corrected chi connectivity index (χ1v) is 7.63. The van der Waals surface area contributed by atoms with Gasteiger partial charge in [-0.2, -0.15) is 0 Å². The number of carbonyl (C=O) groups is 1. The predicted molar refractivity (Wildman–Crippen MR) is 75.4 cm³/mol. The van der Waals surface area contributed by atoms with Gasteiger partial charge in [-0.1, -0.05) is 6.92 Å². The number of nitrogens with zero attached hydrogens (tertiary/aromatic N) is 3. The lowest BCUT2D eigenvalue weighted by molar-refractivity contribution is 0.0604. The minimum absolute atomic E-state index is 0.0255. The van der Waals surface area contributed by atoms with Crippen LogP contribution in [0, 0.1) is 6.92 Å². The monoisotopic (exact) mass is 277 g/mol. The molecule has 3 heterocycles. The zero-order valence-electron chi connectivity index (χ0n) is 12.2. The topological polar surface area (TPSA) is 73.9 Å². The van der Waals surface area contributed by atoms with Gasteiger partial charge in [0.25, 0.3) is 5.91 Å². The summed E-state index contributed by atoms with van der Waals surface area (Å²) in [5.74, 6) is 0.972. The molecule has 6 nitrogen and oxygen atoms in total. The molecule has 2 N–H and O–H groups in total. The lowest BCUT2D eigenvalue weighted by Crippen LogP contribution is -2.50. The Morgan fingerprint density at radius 2 is 2.05 bits per heavy atom. The fraction of sp³-hybridized carbons (Fsp3) is 0.786. The fourth-order valence-electron chi connectivity index (χ4n) is 3.54. The molecule has 0 spiro atoms. The molecule has 2 unspecified atom stereocenters. The van der Waals surface area contributed by atoms with Gasteiger partial charge in [-0.15, -0.1) is 5.10 Å². The molecule has 1 aromatic rings. The number of aromatic nitrogens is 3. The normalized spacial score (nSPS) is 28.6. The number of amides is 1. The van der Waals surface area contributed by atoms with Crippen LogP contribution in [0.15, 0.2) is 0 Å². The smallest absolute Gasteiger partial charge is 0.293 e. The standard InChI is InChI=1S/C14H23N5O/c1-3-6-19(14(20)13-15-9(2)17-18-13)12-7-10-4-5-11(8-12)16-10/h10-12,16H,3-8H2,1-2H3,(H,15,17,18). The summed E-state index contributed by atoms with van der Waals surface area (Å²) in [6.45, 7) is 4.72. The van der Waals surface area contributed by atoms with Crippen LogP contribution in [0.2, 0.25) is 0 Å². The molecule has 2 bridgehead atoms. The van der Waals surface area contributed by atoms with Crippen LogP contribution in [0.4, 0.5) is 0 Å². The predicted octanol–water partition coefficient (Wildman–Crippen LogP) is 1.25. The quantitative estimate of drug-likeness (QED) is 0.868. The highest BCUT2D eigenvalue weighted by Crippen LogP contribution is 2.30. The highest BCUT2D eigenvalue weighted by molar-refractivity contribution is 5.90. The maximum Gasteiger partial charge on any atom is 0.293 e. The number of hydrogen-bond acceptors (Lipinski definition) is 4. The summed E-state index contributed by atoms with van der Waals surface area (Å²) in [7, 11) is 0. The Kier molecular flexibility index (Phi) is 3.74. The average molecular weight is 277 g/mol. The molecular formula is C14H23N5O. The second-order valence-electron chi connectivity index (χ2n) is 6.01. The first-order valence-electron chi connectivity index (χ1n) is 7.63. The number of H-pyrrole nitrogens is 1. The van der Waals surface area contributed by atoms with E-state index in [-0.39, 0.29) is 5.91 Å². The fourth-order valence-corrected chi connectivity index (χ4v) is 3.54. The van der Waals surface area contributed by atoms with Gasteiger partial charge in [-0.25, -0.2) is 4.98 Å². The van der Waals surface area contributed by atoms with E-state index >= 15 is 0 Å². The van der Waals surface area contributed by atoms with Crippen molar-refractivity contribution >= 4 is 5.91 Å². The molecule has 0 saturated carbocycles. The van der Waals surface area contributed by atoms with Crippen molar-refractivity contribution < 1.29 is 4.79 Å². The third-order valence-electron chi connectivity index (χ3n) is 4.40. The molecule has 3 rings (SSSR count). The van der Waals surface area contributed by atoms with E-state index in [1.165, 1.54) is 12.8 Å². The van der Waals surface area contributed by atoms with E-state index in [9.17, 15) is 4.79 Å². The number of aryl methyl sites for hydroxylation is 1. The van der Waals surface area contributed by atoms with Crippen LogP contribution in [0.5, 0.6) is 0 Å². The second-order valence-corrected chi connectivity index (χ2v) is 6.01. The molecule has 0 aromatic carbocycles. The van der Waals surface area contributed by atoms with Crippen LogP contribution in [0.25, 0.3) is 0 Å². The number of piperidine rings is 1. The summed E-state index contributed by atoms with van der Waals surface area (Å²) in [4.78, 5) is 18.8. The van der Waals surface area contributed by atoms with E-state index in [0.29, 0.717) is 29.8 Å². The number of aromatic amines is 1. The highest BCUT2D eigenvalue weighted by atomic mass is 16.2. The van der Waals surface area contributed by atoms with Crippen molar-refractivity contribution in [1.82, 2.24) is 25.4 Å². The molecule has 1 amide bonds. The Hall–Kier alpha value is -1.43. The highest BCUT2D eigenvalue weighted by Gasteiger charge is 2.38. The van der Waals surface area contributed by atoms with Crippen molar-refractivity contribution in [2.75, 3.05) is 6.54 Å². The first kappa shape index (κ1) is 13.5. The molecule has 2 aliphatic rings. The molecular weight excluding hydrogens is 254 g/mol. The van der Waals surface area contributed by atoms with Crippen LogP contribution in [-0.2, 0) is 0 Å². The van der Waals surface area contributed by atoms with E-state index < -0.39 is 0 Å². The SMILES string of the molecule is CCCN(C(=O)c1n[nH]c(C)n1)C1CC2CCC(C1)N2. The summed E-state index contributed by atoms with van der Waals surface area (Å²) < 4.78 is 0. The molecule has 110 valence electrons. The Morgan fingerprint density at radius 1 is 1.35 bits per heavy atom. The van der Waals surface area contributed by atoms with Crippen LogP contribution >= 0.6 is 0 Å².